The van der Waals surface area contributed by atoms with Crippen LogP contribution >= 0.6 is 0 Å². The molecule has 1 heterocycles. The van der Waals surface area contributed by atoms with E-state index in [1.807, 2.05) is 6.07 Å². The molecule has 6 heteroatoms. The Bertz CT molecular complexity index is 956. The van der Waals surface area contributed by atoms with E-state index in [0.29, 0.717) is 30.2 Å². The molecule has 2 aromatic carbocycles. The molecule has 1 aliphatic heterocycles. The number of hydroxylamine groups is 1. The average Bonchev–Trinajstić information content (AvgIpc) is 3.20. The van der Waals surface area contributed by atoms with Gasteiger partial charge in [-0.25, -0.2) is 5.48 Å². The van der Waals surface area contributed by atoms with Crippen LogP contribution in [0.5, 0.6) is 5.75 Å². The van der Waals surface area contributed by atoms with Gasteiger partial charge in [-0.1, -0.05) is 44.7 Å². The number of carbonyl (C=O) groups is 1. The molecule has 0 aliphatic carbocycles. The van der Waals surface area contributed by atoms with Crippen molar-refractivity contribution >= 4 is 11.6 Å². The van der Waals surface area contributed by atoms with Crippen molar-refractivity contribution in [3.05, 3.63) is 59.2 Å². The third-order valence-electron chi connectivity index (χ3n) is 4.89. The number of hydrogen-bond acceptors (Lipinski definition) is 5. The Labute approximate surface area is 164 Å². The highest BCUT2D eigenvalue weighted by Crippen LogP contribution is 2.42. The zero-order valence-electron chi connectivity index (χ0n) is 16.0. The van der Waals surface area contributed by atoms with Gasteiger partial charge in [0.2, 0.25) is 0 Å². The molecule has 0 aromatic heterocycles. The second-order valence-corrected chi connectivity index (χ2v) is 7.04. The molecule has 0 saturated carbocycles. The Hall–Kier alpha value is -3.30. The van der Waals surface area contributed by atoms with E-state index in [2.05, 4.69) is 56.1 Å². The number of benzene rings is 2. The summed E-state index contributed by atoms with van der Waals surface area (Å²) in [5.41, 5.74) is 6.86. The maximum Gasteiger partial charge on any atom is 0.271 e. The molecule has 0 bridgehead atoms. The Morgan fingerprint density at radius 2 is 2.07 bits per heavy atom. The number of carbonyl (C=O) groups excluding carboxylic acids is 1. The minimum absolute atomic E-state index is 0.104. The van der Waals surface area contributed by atoms with E-state index >= 15 is 0 Å². The van der Waals surface area contributed by atoms with Crippen molar-refractivity contribution < 1.29 is 14.7 Å². The molecule has 3 N–H and O–H groups in total. The standard InChI is InChI=1S/C22H23N3O3/c1-13(2)15-4-6-16(7-5-15)18-10-20(24-12-14(3)22(26)25-27)19(11-23)17-8-9-28-21(17)18/h4-7,10,13,24,27H,3,8-9,12H2,1-2H3,(H,25,26). The van der Waals surface area contributed by atoms with Gasteiger partial charge >= 0.3 is 0 Å². The van der Waals surface area contributed by atoms with Crippen LogP contribution in [0.4, 0.5) is 5.69 Å². The molecule has 0 spiro atoms. The van der Waals surface area contributed by atoms with Gasteiger partial charge in [0.1, 0.15) is 11.8 Å². The Morgan fingerprint density at radius 3 is 2.68 bits per heavy atom. The van der Waals surface area contributed by atoms with Crippen LogP contribution in [0.3, 0.4) is 0 Å². The van der Waals surface area contributed by atoms with Gasteiger partial charge in [-0.3, -0.25) is 10.0 Å². The second kappa shape index (κ2) is 8.15. The topological polar surface area (TPSA) is 94.4 Å². The number of hydrogen-bond donors (Lipinski definition) is 3. The predicted molar refractivity (Wildman–Crippen MR) is 107 cm³/mol. The quantitative estimate of drug-likeness (QED) is 0.405. The van der Waals surface area contributed by atoms with Crippen molar-refractivity contribution in [2.75, 3.05) is 18.5 Å². The van der Waals surface area contributed by atoms with Gasteiger partial charge in [-0.15, -0.1) is 0 Å². The first-order valence-electron chi connectivity index (χ1n) is 9.15. The highest BCUT2D eigenvalue weighted by molar-refractivity contribution is 5.93. The fourth-order valence-electron chi connectivity index (χ4n) is 3.27. The Balaban J connectivity index is 2.01. The summed E-state index contributed by atoms with van der Waals surface area (Å²) in [7, 11) is 0. The molecule has 0 unspecified atom stereocenters. The minimum atomic E-state index is -0.667. The van der Waals surface area contributed by atoms with Crippen LogP contribution in [-0.4, -0.2) is 24.3 Å². The molecule has 2 aromatic rings. The number of fused-ring (bicyclic) bond motifs is 1. The number of rotatable bonds is 6. The van der Waals surface area contributed by atoms with Crippen LogP contribution in [0.25, 0.3) is 11.1 Å². The van der Waals surface area contributed by atoms with Gasteiger partial charge in [0.25, 0.3) is 5.91 Å². The van der Waals surface area contributed by atoms with Crippen LogP contribution in [-0.2, 0) is 11.2 Å². The lowest BCUT2D eigenvalue weighted by Gasteiger charge is -2.16. The van der Waals surface area contributed by atoms with Gasteiger partial charge < -0.3 is 10.1 Å². The summed E-state index contributed by atoms with van der Waals surface area (Å²) in [6, 6.07) is 12.4. The van der Waals surface area contributed by atoms with Crippen molar-refractivity contribution in [2.24, 2.45) is 0 Å². The van der Waals surface area contributed by atoms with E-state index < -0.39 is 5.91 Å². The van der Waals surface area contributed by atoms with Gasteiger partial charge in [0.15, 0.2) is 0 Å². The lowest BCUT2D eigenvalue weighted by atomic mass is 9.94. The SMILES string of the molecule is C=C(CNc1cc(-c2ccc(C(C)C)cc2)c2c(c1C#N)CCO2)C(=O)NO. The van der Waals surface area contributed by atoms with Crippen LogP contribution in [0.2, 0.25) is 0 Å². The largest absolute Gasteiger partial charge is 0.492 e. The van der Waals surface area contributed by atoms with Crippen molar-refractivity contribution in [1.82, 2.24) is 5.48 Å². The monoisotopic (exact) mass is 377 g/mol. The van der Waals surface area contributed by atoms with Gasteiger partial charge in [0.05, 0.1) is 17.9 Å². The highest BCUT2D eigenvalue weighted by atomic mass is 16.5. The summed E-state index contributed by atoms with van der Waals surface area (Å²) in [5, 5.41) is 21.5. The first-order valence-corrected chi connectivity index (χ1v) is 9.15. The van der Waals surface area contributed by atoms with Gasteiger partial charge in [-0.05, 0) is 23.1 Å². The summed E-state index contributed by atoms with van der Waals surface area (Å²) < 4.78 is 5.85. The summed E-state index contributed by atoms with van der Waals surface area (Å²) in [6.45, 7) is 8.56. The molecule has 6 nitrogen and oxygen atoms in total. The maximum absolute atomic E-state index is 11.5. The van der Waals surface area contributed by atoms with Gasteiger partial charge in [-0.2, -0.15) is 5.26 Å². The molecule has 0 radical (unpaired) electrons. The van der Waals surface area contributed by atoms with E-state index in [0.717, 1.165) is 22.4 Å². The summed E-state index contributed by atoms with van der Waals surface area (Å²) in [4.78, 5) is 11.5. The number of nitriles is 1. The maximum atomic E-state index is 11.5. The average molecular weight is 377 g/mol. The molecule has 144 valence electrons. The van der Waals surface area contributed by atoms with E-state index in [4.69, 9.17) is 9.94 Å². The summed E-state index contributed by atoms with van der Waals surface area (Å²) in [5.74, 6) is 0.518. The lowest BCUT2D eigenvalue weighted by molar-refractivity contribution is -0.125. The fourth-order valence-corrected chi connectivity index (χ4v) is 3.27. The van der Waals surface area contributed by atoms with E-state index in [9.17, 15) is 10.1 Å². The van der Waals surface area contributed by atoms with Gasteiger partial charge in [0, 0.05) is 29.7 Å². The predicted octanol–water partition coefficient (Wildman–Crippen LogP) is 3.76. The Morgan fingerprint density at radius 1 is 1.36 bits per heavy atom. The molecular formula is C22H23N3O3. The third-order valence-corrected chi connectivity index (χ3v) is 4.89. The van der Waals surface area contributed by atoms with Crippen LogP contribution in [0, 0.1) is 11.3 Å². The molecular weight excluding hydrogens is 354 g/mol. The third kappa shape index (κ3) is 3.71. The molecule has 1 aliphatic rings. The molecule has 0 fully saturated rings. The highest BCUT2D eigenvalue weighted by Gasteiger charge is 2.24. The van der Waals surface area contributed by atoms with E-state index in [-0.39, 0.29) is 12.1 Å². The smallest absolute Gasteiger partial charge is 0.271 e. The molecule has 3 rings (SSSR count). The number of nitrogens with zero attached hydrogens (tertiary/aromatic N) is 1. The van der Waals surface area contributed by atoms with Crippen molar-refractivity contribution in [3.8, 4) is 22.9 Å². The zero-order chi connectivity index (χ0) is 20.3. The van der Waals surface area contributed by atoms with Crippen molar-refractivity contribution in [1.29, 1.82) is 5.26 Å². The number of anilines is 1. The van der Waals surface area contributed by atoms with Crippen molar-refractivity contribution in [2.45, 2.75) is 26.2 Å². The molecule has 1 amide bonds. The summed E-state index contributed by atoms with van der Waals surface area (Å²) >= 11 is 0. The number of ether oxygens (including phenoxy) is 1. The first-order chi connectivity index (χ1) is 13.5. The number of nitrogens with one attached hydrogen (secondary N) is 2. The summed E-state index contributed by atoms with van der Waals surface area (Å²) in [6.07, 6.45) is 0.656. The van der Waals surface area contributed by atoms with Crippen molar-refractivity contribution in [3.63, 3.8) is 0 Å². The van der Waals surface area contributed by atoms with Crippen LogP contribution in [0.15, 0.2) is 42.5 Å². The van der Waals surface area contributed by atoms with E-state index in [1.54, 1.807) is 5.48 Å². The molecule has 0 saturated heterocycles. The minimum Gasteiger partial charge on any atom is -0.492 e. The van der Waals surface area contributed by atoms with Crippen LogP contribution < -0.4 is 15.5 Å². The molecule has 28 heavy (non-hydrogen) atoms. The first kappa shape index (κ1) is 19.5. The lowest BCUT2D eigenvalue weighted by Crippen LogP contribution is -2.24. The normalized spacial score (nSPS) is 12.1. The second-order valence-electron chi connectivity index (χ2n) is 7.04. The Kier molecular flexibility index (Phi) is 5.67. The molecule has 0 atom stereocenters. The number of amides is 1. The fraction of sp³-hybridized carbons (Fsp3) is 0.273. The van der Waals surface area contributed by atoms with Crippen LogP contribution in [0.1, 0.15) is 36.5 Å². The van der Waals surface area contributed by atoms with E-state index in [1.165, 1.54) is 5.56 Å². The zero-order valence-corrected chi connectivity index (χ0v) is 16.0.